The standard InChI is InChI=1S/C19H17N5O6S/c20-10-14-13-6-7-15(25)24(11-12-4-2-1-3-5-12)16(13)17(26)18(23-14)30-19(27)22-8-9-31(21,28)29/h1-7,26H,8-9,11H2,(H,22,27)(H2,21,28,29). The van der Waals surface area contributed by atoms with Gasteiger partial charge in [0.25, 0.3) is 11.4 Å². The number of aromatic hydroxyl groups is 1. The van der Waals surface area contributed by atoms with Gasteiger partial charge in [-0.1, -0.05) is 30.3 Å². The highest BCUT2D eigenvalue weighted by molar-refractivity contribution is 7.89. The average Bonchev–Trinajstić information content (AvgIpc) is 2.71. The van der Waals surface area contributed by atoms with Crippen LogP contribution in [0.1, 0.15) is 11.3 Å². The Hall–Kier alpha value is -3.95. The van der Waals surface area contributed by atoms with Gasteiger partial charge in [-0.15, -0.1) is 0 Å². The van der Waals surface area contributed by atoms with Crippen LogP contribution >= 0.6 is 0 Å². The van der Waals surface area contributed by atoms with Crippen LogP contribution in [0, 0.1) is 11.3 Å². The molecule has 0 atom stereocenters. The lowest BCUT2D eigenvalue weighted by molar-refractivity contribution is 0.197. The van der Waals surface area contributed by atoms with E-state index < -0.39 is 39.1 Å². The molecule has 0 aliphatic rings. The van der Waals surface area contributed by atoms with Gasteiger partial charge in [0, 0.05) is 18.0 Å². The van der Waals surface area contributed by atoms with Gasteiger partial charge in [0.1, 0.15) is 11.6 Å². The van der Waals surface area contributed by atoms with Gasteiger partial charge in [-0.2, -0.15) is 10.2 Å². The molecule has 2 heterocycles. The van der Waals surface area contributed by atoms with E-state index in [-0.39, 0.29) is 29.7 Å². The Morgan fingerprint density at radius 2 is 1.97 bits per heavy atom. The number of nitrogens with one attached hydrogen (secondary N) is 1. The molecule has 0 aliphatic heterocycles. The fourth-order valence-corrected chi connectivity index (χ4v) is 3.23. The Morgan fingerprint density at radius 1 is 1.26 bits per heavy atom. The predicted octanol–water partition coefficient (Wildman–Crippen LogP) is 0.399. The zero-order chi connectivity index (χ0) is 22.6. The van der Waals surface area contributed by atoms with E-state index >= 15 is 0 Å². The maximum absolute atomic E-state index is 12.5. The van der Waals surface area contributed by atoms with Crippen molar-refractivity contribution >= 4 is 27.0 Å². The van der Waals surface area contributed by atoms with Crippen LogP contribution in [0.2, 0.25) is 0 Å². The van der Waals surface area contributed by atoms with Crippen molar-refractivity contribution in [1.82, 2.24) is 14.9 Å². The second-order valence-electron chi connectivity index (χ2n) is 6.41. The summed E-state index contributed by atoms with van der Waals surface area (Å²) in [5, 5.41) is 27.3. The van der Waals surface area contributed by atoms with Crippen LogP contribution < -0.4 is 20.8 Å². The van der Waals surface area contributed by atoms with Crippen LogP contribution in [0.15, 0.2) is 47.3 Å². The van der Waals surface area contributed by atoms with Gasteiger partial charge in [-0.25, -0.2) is 18.4 Å². The maximum atomic E-state index is 12.5. The predicted molar refractivity (Wildman–Crippen MR) is 110 cm³/mol. The quantitative estimate of drug-likeness (QED) is 0.490. The molecule has 0 bridgehead atoms. The molecule has 12 heteroatoms. The Bertz CT molecular complexity index is 1350. The third-order valence-corrected chi connectivity index (χ3v) is 4.99. The zero-order valence-electron chi connectivity index (χ0n) is 16.0. The molecule has 4 N–H and O–H groups in total. The smallest absolute Gasteiger partial charge is 0.414 e. The van der Waals surface area contributed by atoms with Crippen LogP contribution in [0.5, 0.6) is 11.6 Å². The van der Waals surface area contributed by atoms with Crippen molar-refractivity contribution in [2.45, 2.75) is 6.54 Å². The van der Waals surface area contributed by atoms with Gasteiger partial charge in [0.2, 0.25) is 15.8 Å². The molecule has 2 aromatic heterocycles. The Morgan fingerprint density at radius 3 is 2.61 bits per heavy atom. The Balaban J connectivity index is 2.03. The van der Waals surface area contributed by atoms with E-state index in [1.54, 1.807) is 24.3 Å². The first-order chi connectivity index (χ1) is 14.7. The first-order valence-corrected chi connectivity index (χ1v) is 10.6. The molecule has 0 aliphatic carbocycles. The largest absolute Gasteiger partial charge is 0.502 e. The van der Waals surface area contributed by atoms with Crippen LogP contribution in [0.25, 0.3) is 10.9 Å². The summed E-state index contributed by atoms with van der Waals surface area (Å²) >= 11 is 0. The molecule has 0 fully saturated rings. The number of rotatable bonds is 6. The summed E-state index contributed by atoms with van der Waals surface area (Å²) in [6.45, 7) is -0.255. The molecule has 0 spiro atoms. The molecular weight excluding hydrogens is 426 g/mol. The third-order valence-electron chi connectivity index (χ3n) is 4.21. The maximum Gasteiger partial charge on any atom is 0.414 e. The first-order valence-electron chi connectivity index (χ1n) is 8.86. The lowest BCUT2D eigenvalue weighted by atomic mass is 10.1. The summed E-state index contributed by atoms with van der Waals surface area (Å²) in [4.78, 5) is 28.3. The van der Waals surface area contributed by atoms with E-state index in [2.05, 4.69) is 10.3 Å². The molecule has 3 rings (SSSR count). The number of sulfonamides is 1. The van der Waals surface area contributed by atoms with Crippen LogP contribution in [-0.4, -0.2) is 41.5 Å². The lowest BCUT2D eigenvalue weighted by Crippen LogP contribution is -2.33. The van der Waals surface area contributed by atoms with Crippen LogP contribution in [0.3, 0.4) is 0 Å². The number of aromatic nitrogens is 2. The number of amides is 1. The second-order valence-corrected chi connectivity index (χ2v) is 8.15. The van der Waals surface area contributed by atoms with Crippen LogP contribution in [-0.2, 0) is 16.6 Å². The van der Waals surface area contributed by atoms with Crippen molar-refractivity contribution in [2.24, 2.45) is 5.14 Å². The highest BCUT2D eigenvalue weighted by Gasteiger charge is 2.21. The van der Waals surface area contributed by atoms with Gasteiger partial charge >= 0.3 is 6.09 Å². The number of pyridine rings is 2. The summed E-state index contributed by atoms with van der Waals surface area (Å²) in [6.07, 6.45) is -1.12. The number of benzene rings is 1. The second kappa shape index (κ2) is 8.82. The molecule has 0 unspecified atom stereocenters. The van der Waals surface area contributed by atoms with Gasteiger partial charge in [0.05, 0.1) is 12.3 Å². The van der Waals surface area contributed by atoms with E-state index in [1.807, 2.05) is 12.1 Å². The van der Waals surface area contributed by atoms with E-state index in [9.17, 15) is 28.4 Å². The van der Waals surface area contributed by atoms with Crippen molar-refractivity contribution in [1.29, 1.82) is 5.26 Å². The Labute approximate surface area is 176 Å². The van der Waals surface area contributed by atoms with Crippen LogP contribution in [0.4, 0.5) is 4.79 Å². The number of carbonyl (C=O) groups is 1. The summed E-state index contributed by atoms with van der Waals surface area (Å²) < 4.78 is 28.1. The number of fused-ring (bicyclic) bond motifs is 1. The summed E-state index contributed by atoms with van der Waals surface area (Å²) in [7, 11) is -3.80. The van der Waals surface area contributed by atoms with Crippen molar-refractivity contribution in [3.8, 4) is 17.7 Å². The van der Waals surface area contributed by atoms with E-state index in [0.717, 1.165) is 5.56 Å². The highest BCUT2D eigenvalue weighted by Crippen LogP contribution is 2.34. The van der Waals surface area contributed by atoms with Crippen molar-refractivity contribution in [3.05, 3.63) is 64.1 Å². The fourth-order valence-electron chi connectivity index (χ4n) is 2.84. The SMILES string of the molecule is N#Cc1nc(OC(=O)NCCS(N)(=O)=O)c(O)c2c1ccc(=O)n2Cc1ccccc1. The van der Waals surface area contributed by atoms with Crippen molar-refractivity contribution in [3.63, 3.8) is 0 Å². The molecule has 0 saturated carbocycles. The molecule has 1 amide bonds. The third kappa shape index (κ3) is 5.16. The topological polar surface area (TPSA) is 177 Å². The number of hydrogen-bond donors (Lipinski definition) is 3. The monoisotopic (exact) mass is 443 g/mol. The Kier molecular flexibility index (Phi) is 6.19. The minimum Gasteiger partial charge on any atom is -0.502 e. The minimum absolute atomic E-state index is 0.0322. The van der Waals surface area contributed by atoms with Gasteiger partial charge in [-0.05, 0) is 11.6 Å². The molecule has 0 radical (unpaired) electrons. The van der Waals surface area contributed by atoms with Gasteiger partial charge < -0.3 is 19.7 Å². The molecule has 0 saturated heterocycles. The van der Waals surface area contributed by atoms with E-state index in [4.69, 9.17) is 9.88 Å². The number of nitrogens with two attached hydrogens (primary N) is 1. The van der Waals surface area contributed by atoms with Gasteiger partial charge in [0.15, 0.2) is 5.69 Å². The average molecular weight is 443 g/mol. The number of nitrogens with zero attached hydrogens (tertiary/aromatic N) is 3. The molecule has 1 aromatic carbocycles. The summed E-state index contributed by atoms with van der Waals surface area (Å²) in [5.74, 6) is -1.76. The number of carbonyl (C=O) groups excluding carboxylic acids is 1. The van der Waals surface area contributed by atoms with Crippen molar-refractivity contribution in [2.75, 3.05) is 12.3 Å². The molecule has 3 aromatic rings. The van der Waals surface area contributed by atoms with E-state index in [0.29, 0.717) is 0 Å². The zero-order valence-corrected chi connectivity index (χ0v) is 16.8. The van der Waals surface area contributed by atoms with E-state index in [1.165, 1.54) is 16.7 Å². The molecular formula is C19H17N5O6S. The molecule has 11 nitrogen and oxygen atoms in total. The minimum atomic E-state index is -3.80. The fraction of sp³-hybridized carbons (Fsp3) is 0.158. The lowest BCUT2D eigenvalue weighted by Gasteiger charge is -2.14. The van der Waals surface area contributed by atoms with Gasteiger partial charge in [-0.3, -0.25) is 4.79 Å². The summed E-state index contributed by atoms with van der Waals surface area (Å²) in [6, 6.07) is 13.4. The first kappa shape index (κ1) is 21.8. The number of primary sulfonamides is 1. The normalized spacial score (nSPS) is 11.1. The number of hydrogen-bond acceptors (Lipinski definition) is 8. The molecule has 160 valence electrons. The number of ether oxygens (including phenoxy) is 1. The number of nitriles is 1. The summed E-state index contributed by atoms with van der Waals surface area (Å²) in [5.41, 5.74) is 0.0949. The molecule has 31 heavy (non-hydrogen) atoms. The highest BCUT2D eigenvalue weighted by atomic mass is 32.2. The van der Waals surface area contributed by atoms with Crippen molar-refractivity contribution < 1.29 is 23.1 Å².